The van der Waals surface area contributed by atoms with Gasteiger partial charge in [-0.2, -0.15) is 0 Å². The minimum Gasteiger partial charge on any atom is -0.314 e. The lowest BCUT2D eigenvalue weighted by molar-refractivity contribution is -0.112. The summed E-state index contributed by atoms with van der Waals surface area (Å²) in [5.74, 6) is 0. The van der Waals surface area contributed by atoms with Crippen molar-refractivity contribution in [2.24, 2.45) is 0 Å². The van der Waals surface area contributed by atoms with Crippen molar-refractivity contribution in [1.82, 2.24) is 20.4 Å². The minimum atomic E-state index is 0.0165. The van der Waals surface area contributed by atoms with Crippen LogP contribution in [0.1, 0.15) is 67.2 Å². The third-order valence-electron chi connectivity index (χ3n) is 6.48. The first-order valence-corrected chi connectivity index (χ1v) is 12.9. The molecule has 0 aromatic rings. The monoisotopic (exact) mass is 456 g/mol. The topological polar surface area (TPSA) is 64.7 Å². The van der Waals surface area contributed by atoms with E-state index in [1.54, 1.807) is 11.8 Å². The molecule has 0 bridgehead atoms. The number of carbonyl (C=O) groups excluding carboxylic acids is 2. The van der Waals surface area contributed by atoms with Gasteiger partial charge in [-0.3, -0.25) is 24.7 Å². The number of rotatable bonds is 0. The summed E-state index contributed by atoms with van der Waals surface area (Å²) in [6.45, 7) is 18.7. The number of hydrogen-bond acceptors (Lipinski definition) is 8. The van der Waals surface area contributed by atoms with Gasteiger partial charge in [0, 0.05) is 24.2 Å². The average Bonchev–Trinajstić information content (AvgIpc) is 3.15. The lowest BCUT2D eigenvalue weighted by atomic mass is 9.97. The van der Waals surface area contributed by atoms with Gasteiger partial charge in [0.05, 0.1) is 22.8 Å². The maximum absolute atomic E-state index is 11.7. The van der Waals surface area contributed by atoms with E-state index in [-0.39, 0.29) is 20.8 Å². The Kier molecular flexibility index (Phi) is 7.37. The van der Waals surface area contributed by atoms with E-state index in [1.165, 1.54) is 24.6 Å². The van der Waals surface area contributed by atoms with Crippen LogP contribution >= 0.6 is 23.5 Å². The van der Waals surface area contributed by atoms with Gasteiger partial charge in [0.25, 0.3) is 0 Å². The predicted molar refractivity (Wildman–Crippen MR) is 128 cm³/mol. The third-order valence-corrected chi connectivity index (χ3v) is 9.03. The Morgan fingerprint density at radius 1 is 0.933 bits per heavy atom. The second kappa shape index (κ2) is 9.02. The largest absolute Gasteiger partial charge is 0.314 e. The molecule has 2 N–H and O–H groups in total. The van der Waals surface area contributed by atoms with Crippen LogP contribution in [0, 0.1) is 0 Å². The van der Waals surface area contributed by atoms with Crippen molar-refractivity contribution in [2.45, 2.75) is 88.0 Å². The van der Waals surface area contributed by atoms with Gasteiger partial charge in [-0.1, -0.05) is 23.5 Å². The van der Waals surface area contributed by atoms with E-state index in [0.29, 0.717) is 23.3 Å². The molecule has 0 aromatic carbocycles. The van der Waals surface area contributed by atoms with Crippen LogP contribution in [-0.2, 0) is 9.59 Å². The fraction of sp³-hybridized carbons (Fsp3) is 0.909. The number of carbonyl (C=O) groups is 2. The van der Waals surface area contributed by atoms with Gasteiger partial charge in [0.15, 0.2) is 0 Å². The second-order valence-corrected chi connectivity index (χ2v) is 13.8. The Labute approximate surface area is 191 Å². The van der Waals surface area contributed by atoms with Gasteiger partial charge >= 0.3 is 0 Å². The molecule has 30 heavy (non-hydrogen) atoms. The lowest BCUT2D eigenvalue weighted by Gasteiger charge is -2.46. The highest BCUT2D eigenvalue weighted by atomic mass is 32.2. The van der Waals surface area contributed by atoms with Crippen molar-refractivity contribution in [3.63, 3.8) is 0 Å². The zero-order valence-electron chi connectivity index (χ0n) is 19.6. The first kappa shape index (κ1) is 24.5. The molecule has 0 amide bonds. The van der Waals surface area contributed by atoms with Gasteiger partial charge in [0.1, 0.15) is 0 Å². The zero-order chi connectivity index (χ0) is 22.2. The van der Waals surface area contributed by atoms with Crippen molar-refractivity contribution in [1.29, 1.82) is 0 Å². The fourth-order valence-electron chi connectivity index (χ4n) is 4.95. The number of nitrogens with one attached hydrogen (secondary N) is 2. The molecular formula is C22H40N4O2S2. The van der Waals surface area contributed by atoms with Gasteiger partial charge < -0.3 is 5.32 Å². The van der Waals surface area contributed by atoms with Crippen molar-refractivity contribution in [2.75, 3.05) is 39.3 Å². The molecule has 0 aromatic heterocycles. The maximum Gasteiger partial charge on any atom is 0.204 e. The van der Waals surface area contributed by atoms with Gasteiger partial charge in [-0.25, -0.2) is 0 Å². The van der Waals surface area contributed by atoms with Gasteiger partial charge in [-0.05, 0) is 80.3 Å². The SMILES string of the molecule is CC(C)(C)N1CC(=O)SC12CCCNC2.CC(C)(C)N1CCCC2(C1)NCC(=O)S2. The van der Waals surface area contributed by atoms with Gasteiger partial charge in [-0.15, -0.1) is 0 Å². The van der Waals surface area contributed by atoms with Crippen LogP contribution in [0.2, 0.25) is 0 Å². The molecule has 6 nitrogen and oxygen atoms in total. The molecule has 4 aliphatic rings. The van der Waals surface area contributed by atoms with E-state index >= 15 is 0 Å². The Morgan fingerprint density at radius 2 is 1.67 bits per heavy atom. The first-order chi connectivity index (χ1) is 13.9. The van der Waals surface area contributed by atoms with Gasteiger partial charge in [0.2, 0.25) is 10.2 Å². The van der Waals surface area contributed by atoms with E-state index in [0.717, 1.165) is 39.0 Å². The Bertz CT molecular complexity index is 653. The molecule has 4 aliphatic heterocycles. The zero-order valence-corrected chi connectivity index (χ0v) is 21.2. The third kappa shape index (κ3) is 5.62. The quantitative estimate of drug-likeness (QED) is 0.577. The minimum absolute atomic E-state index is 0.0165. The molecule has 4 saturated heterocycles. The van der Waals surface area contributed by atoms with E-state index in [4.69, 9.17) is 0 Å². The van der Waals surface area contributed by atoms with Crippen molar-refractivity contribution in [3.05, 3.63) is 0 Å². The van der Waals surface area contributed by atoms with Crippen LogP contribution in [0.15, 0.2) is 0 Å². The highest BCUT2D eigenvalue weighted by Gasteiger charge is 2.50. The molecule has 4 rings (SSSR count). The fourth-order valence-corrected chi connectivity index (χ4v) is 7.62. The number of likely N-dealkylation sites (tertiary alicyclic amines) is 1. The normalized spacial score (nSPS) is 33.9. The molecule has 2 atom stereocenters. The standard InChI is InChI=1S/2C11H20N2OS/c1-10(2,3)13-6-4-5-11(8-13)12-7-9(14)15-11;1-10(2,3)13-7-9(14)15-11(13)5-4-6-12-8-11/h2*12H,4-8H2,1-3H3. The summed E-state index contributed by atoms with van der Waals surface area (Å²) in [6, 6.07) is 0. The highest BCUT2D eigenvalue weighted by molar-refractivity contribution is 8.15. The van der Waals surface area contributed by atoms with E-state index in [9.17, 15) is 9.59 Å². The maximum atomic E-state index is 11.7. The average molecular weight is 457 g/mol. The molecule has 2 spiro atoms. The van der Waals surface area contributed by atoms with Crippen LogP contribution in [-0.4, -0.2) is 80.1 Å². The summed E-state index contributed by atoms with van der Waals surface area (Å²) in [6.07, 6.45) is 4.61. The summed E-state index contributed by atoms with van der Waals surface area (Å²) < 4.78 is 0. The van der Waals surface area contributed by atoms with Crippen molar-refractivity contribution >= 4 is 33.8 Å². The van der Waals surface area contributed by atoms with Crippen molar-refractivity contribution < 1.29 is 9.59 Å². The predicted octanol–water partition coefficient (Wildman–Crippen LogP) is 2.88. The van der Waals surface area contributed by atoms with Crippen LogP contribution in [0.3, 0.4) is 0 Å². The van der Waals surface area contributed by atoms with Crippen LogP contribution in [0.5, 0.6) is 0 Å². The first-order valence-electron chi connectivity index (χ1n) is 11.3. The molecular weight excluding hydrogens is 416 g/mol. The number of nitrogens with zero attached hydrogens (tertiary/aromatic N) is 2. The van der Waals surface area contributed by atoms with E-state index in [1.807, 2.05) is 0 Å². The second-order valence-electron chi connectivity index (χ2n) is 11.0. The number of thioether (sulfide) groups is 2. The molecule has 0 saturated carbocycles. The molecule has 172 valence electrons. The molecule has 4 heterocycles. The molecule has 0 radical (unpaired) electrons. The van der Waals surface area contributed by atoms with Crippen molar-refractivity contribution in [3.8, 4) is 0 Å². The smallest absolute Gasteiger partial charge is 0.204 e. The summed E-state index contributed by atoms with van der Waals surface area (Å²) in [7, 11) is 0. The molecule has 2 unspecified atom stereocenters. The lowest BCUT2D eigenvalue weighted by Crippen LogP contribution is -2.58. The summed E-state index contributed by atoms with van der Waals surface area (Å²) in [5, 5.41) is 7.45. The Hall–Kier alpha value is -0.120. The summed E-state index contributed by atoms with van der Waals surface area (Å²) in [5.41, 5.74) is 0.291. The number of hydrogen-bond donors (Lipinski definition) is 2. The van der Waals surface area contributed by atoms with Crippen LogP contribution in [0.4, 0.5) is 0 Å². The van der Waals surface area contributed by atoms with Crippen LogP contribution < -0.4 is 10.6 Å². The van der Waals surface area contributed by atoms with E-state index in [2.05, 4.69) is 62.0 Å². The summed E-state index contributed by atoms with van der Waals surface area (Å²) in [4.78, 5) is 27.9. The molecule has 0 aliphatic carbocycles. The molecule has 8 heteroatoms. The number of piperidine rings is 2. The van der Waals surface area contributed by atoms with E-state index < -0.39 is 0 Å². The van der Waals surface area contributed by atoms with Crippen LogP contribution in [0.25, 0.3) is 0 Å². The Balaban J connectivity index is 0.000000171. The highest BCUT2D eigenvalue weighted by Crippen LogP contribution is 2.45. The Morgan fingerprint density at radius 3 is 2.20 bits per heavy atom. The molecule has 4 fully saturated rings. The summed E-state index contributed by atoms with van der Waals surface area (Å²) >= 11 is 3.07.